The molecule has 0 radical (unpaired) electrons. The maximum absolute atomic E-state index is 12.5. The van der Waals surface area contributed by atoms with E-state index in [0.29, 0.717) is 32.6 Å². The Morgan fingerprint density at radius 3 is 2.37 bits per heavy atom. The molecule has 1 fully saturated rings. The predicted octanol–water partition coefficient (Wildman–Crippen LogP) is 0.781. The standard InChI is InChI=1S/C11H16F3N3O2/c12-11(13,14)9(6-15)7-16-2-1-3-17(5-4-16)8-10(18)19/h9H,1-5,7-8H2,(H,18,19). The first-order valence-electron chi connectivity index (χ1n) is 5.95. The van der Waals surface area contributed by atoms with Crippen molar-refractivity contribution in [1.29, 1.82) is 5.26 Å². The summed E-state index contributed by atoms with van der Waals surface area (Å²) >= 11 is 0. The van der Waals surface area contributed by atoms with Crippen LogP contribution in [0.4, 0.5) is 13.2 Å². The van der Waals surface area contributed by atoms with E-state index >= 15 is 0 Å². The van der Waals surface area contributed by atoms with Gasteiger partial charge in [0.25, 0.3) is 0 Å². The van der Waals surface area contributed by atoms with Crippen molar-refractivity contribution in [3.63, 3.8) is 0 Å². The van der Waals surface area contributed by atoms with Gasteiger partial charge < -0.3 is 10.0 Å². The zero-order valence-electron chi connectivity index (χ0n) is 10.4. The molecule has 0 aromatic carbocycles. The van der Waals surface area contributed by atoms with Crippen LogP contribution in [0.5, 0.6) is 0 Å². The molecule has 1 atom stereocenters. The maximum Gasteiger partial charge on any atom is 0.405 e. The van der Waals surface area contributed by atoms with Crippen LogP contribution in [0.15, 0.2) is 0 Å². The number of rotatable bonds is 4. The fraction of sp³-hybridized carbons (Fsp3) is 0.818. The summed E-state index contributed by atoms with van der Waals surface area (Å²) in [6.07, 6.45) is -3.91. The number of nitriles is 1. The largest absolute Gasteiger partial charge is 0.480 e. The van der Waals surface area contributed by atoms with Gasteiger partial charge in [-0.05, 0) is 13.0 Å². The van der Waals surface area contributed by atoms with Gasteiger partial charge in [0.1, 0.15) is 0 Å². The van der Waals surface area contributed by atoms with Crippen LogP contribution in [0.3, 0.4) is 0 Å². The Balaban J connectivity index is 2.49. The topological polar surface area (TPSA) is 67.6 Å². The molecule has 1 rings (SSSR count). The average molecular weight is 279 g/mol. The Labute approximate surface area is 109 Å². The van der Waals surface area contributed by atoms with Crippen molar-refractivity contribution in [2.75, 3.05) is 39.3 Å². The first-order valence-corrected chi connectivity index (χ1v) is 5.95. The quantitative estimate of drug-likeness (QED) is 0.823. The van der Waals surface area contributed by atoms with E-state index < -0.39 is 18.1 Å². The molecule has 5 nitrogen and oxygen atoms in total. The molecule has 0 aromatic rings. The Morgan fingerprint density at radius 2 is 1.84 bits per heavy atom. The number of carboxylic acids is 1. The van der Waals surface area contributed by atoms with Crippen molar-refractivity contribution in [2.45, 2.75) is 12.6 Å². The lowest BCUT2D eigenvalue weighted by Gasteiger charge is -2.24. The van der Waals surface area contributed by atoms with Crippen molar-refractivity contribution >= 4 is 5.97 Å². The molecule has 108 valence electrons. The molecule has 1 N–H and O–H groups in total. The molecular formula is C11H16F3N3O2. The Hall–Kier alpha value is -1.33. The molecule has 0 aliphatic carbocycles. The van der Waals surface area contributed by atoms with Gasteiger partial charge in [0.2, 0.25) is 0 Å². The van der Waals surface area contributed by atoms with Gasteiger partial charge in [0.15, 0.2) is 5.92 Å². The van der Waals surface area contributed by atoms with Gasteiger partial charge in [-0.1, -0.05) is 0 Å². The minimum Gasteiger partial charge on any atom is -0.480 e. The van der Waals surface area contributed by atoms with Crippen LogP contribution in [0.25, 0.3) is 0 Å². The molecule has 0 amide bonds. The van der Waals surface area contributed by atoms with Crippen molar-refractivity contribution in [3.8, 4) is 6.07 Å². The van der Waals surface area contributed by atoms with E-state index in [1.807, 2.05) is 0 Å². The minimum absolute atomic E-state index is 0.102. The van der Waals surface area contributed by atoms with Crippen molar-refractivity contribution in [2.24, 2.45) is 5.92 Å². The lowest BCUT2D eigenvalue weighted by atomic mass is 10.1. The van der Waals surface area contributed by atoms with Crippen molar-refractivity contribution in [1.82, 2.24) is 9.80 Å². The van der Waals surface area contributed by atoms with E-state index in [1.54, 1.807) is 9.80 Å². The van der Waals surface area contributed by atoms with Gasteiger partial charge in [-0.2, -0.15) is 18.4 Å². The van der Waals surface area contributed by atoms with Gasteiger partial charge in [-0.25, -0.2) is 0 Å². The van der Waals surface area contributed by atoms with E-state index in [1.165, 1.54) is 6.07 Å². The fourth-order valence-electron chi connectivity index (χ4n) is 2.03. The van der Waals surface area contributed by atoms with Gasteiger partial charge in [0.05, 0.1) is 12.6 Å². The Kier molecular flexibility index (Phi) is 5.57. The Morgan fingerprint density at radius 1 is 1.26 bits per heavy atom. The summed E-state index contributed by atoms with van der Waals surface area (Å²) in [5, 5.41) is 17.2. The highest BCUT2D eigenvalue weighted by Gasteiger charge is 2.40. The number of halogens is 3. The summed E-state index contributed by atoms with van der Waals surface area (Å²) in [5.41, 5.74) is 0. The monoisotopic (exact) mass is 279 g/mol. The van der Waals surface area contributed by atoms with Gasteiger partial charge >= 0.3 is 12.1 Å². The second kappa shape index (κ2) is 6.73. The second-order valence-corrected chi connectivity index (χ2v) is 4.55. The first kappa shape index (κ1) is 15.7. The molecule has 0 saturated carbocycles. The van der Waals surface area contributed by atoms with E-state index in [-0.39, 0.29) is 13.1 Å². The third-order valence-electron chi connectivity index (χ3n) is 3.03. The minimum atomic E-state index is -4.51. The van der Waals surface area contributed by atoms with Crippen LogP contribution >= 0.6 is 0 Å². The van der Waals surface area contributed by atoms with Crippen LogP contribution in [-0.4, -0.2) is 66.3 Å². The first-order chi connectivity index (χ1) is 8.82. The summed E-state index contributed by atoms with van der Waals surface area (Å²) in [6, 6.07) is 1.28. The average Bonchev–Trinajstić information content (AvgIpc) is 2.49. The number of carboxylic acid groups (broad SMARTS) is 1. The number of alkyl halides is 3. The molecule has 0 aromatic heterocycles. The number of aliphatic carboxylic acids is 1. The highest BCUT2D eigenvalue weighted by Crippen LogP contribution is 2.26. The van der Waals surface area contributed by atoms with Gasteiger partial charge in [-0.3, -0.25) is 9.69 Å². The molecular weight excluding hydrogens is 263 g/mol. The molecule has 19 heavy (non-hydrogen) atoms. The molecule has 1 aliphatic heterocycles. The molecule has 8 heteroatoms. The fourth-order valence-corrected chi connectivity index (χ4v) is 2.03. The summed E-state index contributed by atoms with van der Waals surface area (Å²) < 4.78 is 37.5. The predicted molar refractivity (Wildman–Crippen MR) is 60.3 cm³/mol. The van der Waals surface area contributed by atoms with E-state index in [2.05, 4.69) is 0 Å². The summed E-state index contributed by atoms with van der Waals surface area (Å²) in [6.45, 7) is 1.30. The summed E-state index contributed by atoms with van der Waals surface area (Å²) in [5.74, 6) is -2.93. The Bertz CT molecular complexity index is 354. The highest BCUT2D eigenvalue weighted by molar-refractivity contribution is 5.69. The normalized spacial score (nSPS) is 20.5. The van der Waals surface area contributed by atoms with Crippen LogP contribution < -0.4 is 0 Å². The molecule has 1 saturated heterocycles. The summed E-state index contributed by atoms with van der Waals surface area (Å²) in [4.78, 5) is 13.8. The van der Waals surface area contributed by atoms with Gasteiger partial charge in [-0.15, -0.1) is 0 Å². The van der Waals surface area contributed by atoms with Crippen LogP contribution in [-0.2, 0) is 4.79 Å². The van der Waals surface area contributed by atoms with Crippen molar-refractivity contribution < 1.29 is 23.1 Å². The summed E-state index contributed by atoms with van der Waals surface area (Å²) in [7, 11) is 0. The molecule has 1 unspecified atom stereocenters. The second-order valence-electron chi connectivity index (χ2n) is 4.55. The number of hydrogen-bond acceptors (Lipinski definition) is 4. The molecule has 0 bridgehead atoms. The number of nitrogens with zero attached hydrogens (tertiary/aromatic N) is 3. The molecule has 0 spiro atoms. The van der Waals surface area contributed by atoms with Crippen molar-refractivity contribution in [3.05, 3.63) is 0 Å². The zero-order valence-corrected chi connectivity index (χ0v) is 10.4. The smallest absolute Gasteiger partial charge is 0.405 e. The zero-order chi connectivity index (χ0) is 14.5. The highest BCUT2D eigenvalue weighted by atomic mass is 19.4. The van der Waals surface area contributed by atoms with E-state index in [4.69, 9.17) is 10.4 Å². The number of hydrogen-bond donors (Lipinski definition) is 1. The molecule has 1 heterocycles. The van der Waals surface area contributed by atoms with Crippen LogP contribution in [0.2, 0.25) is 0 Å². The SMILES string of the molecule is N#CC(CN1CCCN(CC(=O)O)CC1)C(F)(F)F. The lowest BCUT2D eigenvalue weighted by Crippen LogP contribution is -2.39. The third kappa shape index (κ3) is 5.44. The lowest BCUT2D eigenvalue weighted by molar-refractivity contribution is -0.163. The van der Waals surface area contributed by atoms with Gasteiger partial charge in [0, 0.05) is 26.2 Å². The van der Waals surface area contributed by atoms with Crippen LogP contribution in [0.1, 0.15) is 6.42 Å². The van der Waals surface area contributed by atoms with E-state index in [0.717, 1.165) is 0 Å². The third-order valence-corrected chi connectivity index (χ3v) is 3.03. The van der Waals surface area contributed by atoms with E-state index in [9.17, 15) is 18.0 Å². The van der Waals surface area contributed by atoms with Crippen LogP contribution in [0, 0.1) is 17.2 Å². The number of carbonyl (C=O) groups is 1. The maximum atomic E-state index is 12.5. The molecule has 1 aliphatic rings.